The Labute approximate surface area is 96.4 Å². The lowest BCUT2D eigenvalue weighted by Crippen LogP contribution is -1.94. The number of aromatic nitrogens is 2. The first-order chi connectivity index (χ1) is 8.13. The highest BCUT2D eigenvalue weighted by atomic mass is 19.3. The number of aromatic amines is 1. The van der Waals surface area contributed by atoms with Crippen molar-refractivity contribution in [3.05, 3.63) is 30.0 Å². The largest absolute Gasteiger partial charge is 0.496 e. The van der Waals surface area contributed by atoms with E-state index in [1.807, 2.05) is 0 Å². The average molecular weight is 239 g/mol. The number of hydrogen-bond acceptors (Lipinski definition) is 3. The van der Waals surface area contributed by atoms with Gasteiger partial charge in [-0.05, 0) is 17.7 Å². The van der Waals surface area contributed by atoms with Gasteiger partial charge in [-0.25, -0.2) is 8.78 Å². The summed E-state index contributed by atoms with van der Waals surface area (Å²) < 4.78 is 30.5. The van der Waals surface area contributed by atoms with Crippen LogP contribution < -0.4 is 10.5 Å². The Bertz CT molecular complexity index is 525. The number of nitrogens with two attached hydrogens (primary N) is 1. The van der Waals surface area contributed by atoms with Crippen molar-refractivity contribution in [2.24, 2.45) is 0 Å². The van der Waals surface area contributed by atoms with Crippen LogP contribution in [0.2, 0.25) is 0 Å². The molecule has 0 atom stereocenters. The number of halogens is 2. The summed E-state index contributed by atoms with van der Waals surface area (Å²) in [6, 6.07) is 4.50. The molecule has 0 saturated carbocycles. The number of methoxy groups -OCH3 is 1. The second-order valence-corrected chi connectivity index (χ2v) is 3.45. The van der Waals surface area contributed by atoms with Gasteiger partial charge in [-0.15, -0.1) is 0 Å². The number of benzene rings is 1. The molecule has 1 aromatic heterocycles. The van der Waals surface area contributed by atoms with Crippen LogP contribution in [0.4, 0.5) is 14.6 Å². The summed E-state index contributed by atoms with van der Waals surface area (Å²) in [7, 11) is 1.35. The molecule has 1 aromatic carbocycles. The van der Waals surface area contributed by atoms with Gasteiger partial charge in [-0.3, -0.25) is 5.10 Å². The molecule has 0 amide bonds. The molecule has 6 heteroatoms. The van der Waals surface area contributed by atoms with Gasteiger partial charge in [-0.2, -0.15) is 5.10 Å². The van der Waals surface area contributed by atoms with Crippen LogP contribution in [-0.4, -0.2) is 17.3 Å². The van der Waals surface area contributed by atoms with Gasteiger partial charge in [0.05, 0.1) is 18.9 Å². The maximum atomic E-state index is 12.8. The molecular formula is C11H11F2N3O. The normalized spacial score (nSPS) is 10.8. The summed E-state index contributed by atoms with van der Waals surface area (Å²) >= 11 is 0. The predicted molar refractivity (Wildman–Crippen MR) is 59.9 cm³/mol. The number of alkyl halides is 2. The van der Waals surface area contributed by atoms with Crippen LogP contribution in [0.3, 0.4) is 0 Å². The molecule has 17 heavy (non-hydrogen) atoms. The number of nitrogens with one attached hydrogen (secondary N) is 1. The molecule has 0 bridgehead atoms. The van der Waals surface area contributed by atoms with Crippen LogP contribution in [-0.2, 0) is 0 Å². The number of rotatable bonds is 3. The lowest BCUT2D eigenvalue weighted by atomic mass is 10.0. The Kier molecular flexibility index (Phi) is 2.95. The van der Waals surface area contributed by atoms with Crippen molar-refractivity contribution in [2.75, 3.05) is 12.8 Å². The molecule has 3 N–H and O–H groups in total. The molecule has 0 unspecified atom stereocenters. The van der Waals surface area contributed by atoms with Gasteiger partial charge in [-0.1, -0.05) is 6.07 Å². The minimum Gasteiger partial charge on any atom is -0.496 e. The average Bonchev–Trinajstić information content (AvgIpc) is 2.74. The molecule has 2 aromatic rings. The molecule has 4 nitrogen and oxygen atoms in total. The molecule has 0 spiro atoms. The Morgan fingerprint density at radius 3 is 2.71 bits per heavy atom. The van der Waals surface area contributed by atoms with E-state index in [2.05, 4.69) is 10.2 Å². The van der Waals surface area contributed by atoms with E-state index >= 15 is 0 Å². The molecule has 0 saturated heterocycles. The fraction of sp³-hybridized carbons (Fsp3) is 0.182. The lowest BCUT2D eigenvalue weighted by Gasteiger charge is -2.09. The van der Waals surface area contributed by atoms with Gasteiger partial charge in [0, 0.05) is 5.56 Å². The smallest absolute Gasteiger partial charge is 0.267 e. The number of hydrogen-bond donors (Lipinski definition) is 2. The second-order valence-electron chi connectivity index (χ2n) is 3.45. The number of ether oxygens (including phenoxy) is 1. The first-order valence-corrected chi connectivity index (χ1v) is 4.88. The highest BCUT2D eigenvalue weighted by Crippen LogP contribution is 2.34. The topological polar surface area (TPSA) is 63.9 Å². The fourth-order valence-electron chi connectivity index (χ4n) is 1.60. The van der Waals surface area contributed by atoms with Gasteiger partial charge in [0.2, 0.25) is 0 Å². The lowest BCUT2D eigenvalue weighted by molar-refractivity contribution is 0.147. The van der Waals surface area contributed by atoms with Gasteiger partial charge >= 0.3 is 0 Å². The van der Waals surface area contributed by atoms with Crippen LogP contribution in [0.25, 0.3) is 11.1 Å². The molecule has 0 aliphatic rings. The highest BCUT2D eigenvalue weighted by molar-refractivity contribution is 5.74. The molecule has 0 aliphatic carbocycles. The molecular weight excluding hydrogens is 228 g/mol. The Hall–Kier alpha value is -2.11. The predicted octanol–water partition coefficient (Wildman–Crippen LogP) is 2.61. The molecule has 90 valence electrons. The van der Waals surface area contributed by atoms with E-state index < -0.39 is 6.43 Å². The van der Waals surface area contributed by atoms with E-state index in [1.54, 1.807) is 6.07 Å². The van der Waals surface area contributed by atoms with E-state index in [4.69, 9.17) is 10.5 Å². The fourth-order valence-corrected chi connectivity index (χ4v) is 1.60. The minimum absolute atomic E-state index is 0.158. The number of nitrogen functional groups attached to an aromatic ring is 1. The third-order valence-electron chi connectivity index (χ3n) is 2.44. The van der Waals surface area contributed by atoms with Crippen LogP contribution >= 0.6 is 0 Å². The van der Waals surface area contributed by atoms with Crippen molar-refractivity contribution in [3.8, 4) is 16.9 Å². The van der Waals surface area contributed by atoms with Crippen molar-refractivity contribution >= 4 is 5.82 Å². The minimum atomic E-state index is -2.60. The van der Waals surface area contributed by atoms with E-state index in [0.29, 0.717) is 16.9 Å². The monoisotopic (exact) mass is 239 g/mol. The van der Waals surface area contributed by atoms with Crippen molar-refractivity contribution in [2.45, 2.75) is 6.43 Å². The molecule has 1 heterocycles. The van der Waals surface area contributed by atoms with Crippen molar-refractivity contribution in [1.82, 2.24) is 10.2 Å². The quantitative estimate of drug-likeness (QED) is 0.865. The summed E-state index contributed by atoms with van der Waals surface area (Å²) in [5.41, 5.74) is 6.64. The van der Waals surface area contributed by atoms with Crippen LogP contribution in [0.5, 0.6) is 5.75 Å². The summed E-state index contributed by atoms with van der Waals surface area (Å²) in [5.74, 6) is 0.501. The third kappa shape index (κ3) is 2.06. The Morgan fingerprint density at radius 2 is 2.18 bits per heavy atom. The first kappa shape index (κ1) is 11.4. The van der Waals surface area contributed by atoms with E-state index in [9.17, 15) is 8.78 Å². The van der Waals surface area contributed by atoms with Crippen molar-refractivity contribution in [1.29, 1.82) is 0 Å². The van der Waals surface area contributed by atoms with Gasteiger partial charge in [0.25, 0.3) is 6.43 Å². The zero-order chi connectivity index (χ0) is 12.4. The van der Waals surface area contributed by atoms with Crippen LogP contribution in [0.1, 0.15) is 12.0 Å². The van der Waals surface area contributed by atoms with Gasteiger partial charge < -0.3 is 10.5 Å². The number of anilines is 1. The van der Waals surface area contributed by atoms with Gasteiger partial charge in [0.15, 0.2) is 0 Å². The maximum Gasteiger partial charge on any atom is 0.267 e. The summed E-state index contributed by atoms with van der Waals surface area (Å²) in [6.07, 6.45) is -1.11. The van der Waals surface area contributed by atoms with E-state index in [-0.39, 0.29) is 11.3 Å². The summed E-state index contributed by atoms with van der Waals surface area (Å²) in [4.78, 5) is 0. The number of nitrogens with zero attached hydrogens (tertiary/aromatic N) is 1. The zero-order valence-corrected chi connectivity index (χ0v) is 9.08. The molecule has 0 aliphatic heterocycles. The van der Waals surface area contributed by atoms with Crippen molar-refractivity contribution in [3.63, 3.8) is 0 Å². The SMILES string of the molecule is COc1ccc(-c2cn[nH]c2N)cc1C(F)F. The third-order valence-corrected chi connectivity index (χ3v) is 2.44. The Balaban J connectivity index is 2.51. The summed E-state index contributed by atoms with van der Waals surface area (Å²) in [5, 5.41) is 6.30. The van der Waals surface area contributed by atoms with E-state index in [1.165, 1.54) is 25.4 Å². The van der Waals surface area contributed by atoms with Crippen LogP contribution in [0.15, 0.2) is 24.4 Å². The highest BCUT2D eigenvalue weighted by Gasteiger charge is 2.16. The van der Waals surface area contributed by atoms with Crippen molar-refractivity contribution < 1.29 is 13.5 Å². The molecule has 2 rings (SSSR count). The van der Waals surface area contributed by atoms with Gasteiger partial charge in [0.1, 0.15) is 11.6 Å². The molecule has 0 radical (unpaired) electrons. The summed E-state index contributed by atoms with van der Waals surface area (Å²) in [6.45, 7) is 0. The standard InChI is InChI=1S/C11H11F2N3O/c1-17-9-3-2-6(4-7(9)10(12)13)8-5-15-16-11(8)14/h2-5,10H,1H3,(H3,14,15,16). The zero-order valence-electron chi connectivity index (χ0n) is 9.08. The number of H-pyrrole nitrogens is 1. The maximum absolute atomic E-state index is 12.8. The molecule has 0 fully saturated rings. The Morgan fingerprint density at radius 1 is 1.41 bits per heavy atom. The van der Waals surface area contributed by atoms with Crippen LogP contribution in [0, 0.1) is 0 Å². The first-order valence-electron chi connectivity index (χ1n) is 4.88. The van der Waals surface area contributed by atoms with E-state index in [0.717, 1.165) is 0 Å². The second kappa shape index (κ2) is 4.40.